The number of hydrogen-bond donors (Lipinski definition) is 2. The van der Waals surface area contributed by atoms with Crippen LogP contribution in [0.25, 0.3) is 0 Å². The summed E-state index contributed by atoms with van der Waals surface area (Å²) in [7, 11) is 0. The van der Waals surface area contributed by atoms with Crippen molar-refractivity contribution < 1.29 is 5.11 Å². The molecule has 0 radical (unpaired) electrons. The molecule has 20 heavy (non-hydrogen) atoms. The Morgan fingerprint density at radius 1 is 1.40 bits per heavy atom. The first kappa shape index (κ1) is 13.7. The topological polar surface area (TPSA) is 45.1 Å². The third kappa shape index (κ3) is 3.08. The van der Waals surface area contributed by atoms with E-state index in [1.54, 1.807) is 0 Å². The maximum Gasteiger partial charge on any atom is 0.107 e. The monoisotopic (exact) mass is 288 g/mol. The van der Waals surface area contributed by atoms with Crippen molar-refractivity contribution in [3.63, 3.8) is 0 Å². The van der Waals surface area contributed by atoms with Crippen LogP contribution in [0.5, 0.6) is 0 Å². The van der Waals surface area contributed by atoms with E-state index in [1.165, 1.54) is 29.0 Å². The Hall–Kier alpha value is -1.23. The predicted molar refractivity (Wildman–Crippen MR) is 82.0 cm³/mol. The van der Waals surface area contributed by atoms with Crippen LogP contribution in [0.3, 0.4) is 0 Å². The van der Waals surface area contributed by atoms with E-state index in [4.69, 9.17) is 0 Å². The first-order chi connectivity index (χ1) is 9.72. The van der Waals surface area contributed by atoms with Gasteiger partial charge in [0.05, 0.1) is 11.8 Å². The molecule has 0 fully saturated rings. The molecule has 3 nitrogen and oxygen atoms in total. The van der Waals surface area contributed by atoms with Crippen LogP contribution in [0.15, 0.2) is 24.3 Å². The largest absolute Gasteiger partial charge is 0.387 e. The molecule has 0 amide bonds. The molecule has 0 spiro atoms. The minimum atomic E-state index is -0.457. The highest BCUT2D eigenvalue weighted by Gasteiger charge is 2.16. The zero-order valence-corrected chi connectivity index (χ0v) is 12.5. The average Bonchev–Trinajstić information content (AvgIpc) is 2.99. The quantitative estimate of drug-likeness (QED) is 0.889. The lowest BCUT2D eigenvalue weighted by molar-refractivity contribution is 0.174. The lowest BCUT2D eigenvalue weighted by atomic mass is 10.1. The van der Waals surface area contributed by atoms with Gasteiger partial charge in [0.15, 0.2) is 0 Å². The molecule has 1 aromatic carbocycles. The van der Waals surface area contributed by atoms with Gasteiger partial charge in [-0.05, 0) is 31.7 Å². The number of aliphatic hydroxyl groups is 1. The predicted octanol–water partition coefficient (Wildman–Crippen LogP) is 2.76. The first-order valence-electron chi connectivity index (χ1n) is 7.15. The molecule has 0 bridgehead atoms. The van der Waals surface area contributed by atoms with Crippen molar-refractivity contribution in [3.05, 3.63) is 51.0 Å². The number of fused-ring (bicyclic) bond motifs is 1. The van der Waals surface area contributed by atoms with Gasteiger partial charge in [0.2, 0.25) is 0 Å². The van der Waals surface area contributed by atoms with Crippen LogP contribution in [-0.2, 0) is 19.4 Å². The normalized spacial score (nSPS) is 15.3. The molecule has 1 aromatic heterocycles. The van der Waals surface area contributed by atoms with E-state index in [0.717, 1.165) is 23.5 Å². The van der Waals surface area contributed by atoms with Gasteiger partial charge >= 0.3 is 0 Å². The van der Waals surface area contributed by atoms with Crippen LogP contribution in [0.4, 0.5) is 0 Å². The van der Waals surface area contributed by atoms with Gasteiger partial charge in [0, 0.05) is 18.0 Å². The molecule has 4 heteroatoms. The fourth-order valence-electron chi connectivity index (χ4n) is 2.63. The molecule has 1 heterocycles. The van der Waals surface area contributed by atoms with Gasteiger partial charge in [0.1, 0.15) is 5.01 Å². The summed E-state index contributed by atoms with van der Waals surface area (Å²) >= 11 is 1.82. The number of aliphatic hydroxyl groups excluding tert-OH is 1. The fourth-order valence-corrected chi connectivity index (χ4v) is 3.76. The van der Waals surface area contributed by atoms with Crippen molar-refractivity contribution in [2.45, 2.75) is 38.8 Å². The maximum atomic E-state index is 10.2. The Kier molecular flexibility index (Phi) is 4.15. The molecule has 3 rings (SSSR count). The number of aryl methyl sites for hydroxylation is 3. The Balaban J connectivity index is 1.51. The van der Waals surface area contributed by atoms with E-state index in [0.29, 0.717) is 6.54 Å². The number of nitrogens with zero attached hydrogens (tertiary/aromatic N) is 1. The van der Waals surface area contributed by atoms with E-state index in [9.17, 15) is 5.11 Å². The highest BCUT2D eigenvalue weighted by molar-refractivity contribution is 7.11. The summed E-state index contributed by atoms with van der Waals surface area (Å²) in [4.78, 5) is 6.11. The third-order valence-electron chi connectivity index (χ3n) is 3.68. The highest BCUT2D eigenvalue weighted by Crippen LogP contribution is 2.27. The van der Waals surface area contributed by atoms with Crippen molar-refractivity contribution >= 4 is 11.3 Å². The van der Waals surface area contributed by atoms with Gasteiger partial charge in [-0.1, -0.05) is 29.8 Å². The summed E-state index contributed by atoms with van der Waals surface area (Å²) < 4.78 is 0. The number of benzene rings is 1. The molecule has 0 saturated carbocycles. The Bertz CT molecular complexity index is 572. The van der Waals surface area contributed by atoms with E-state index < -0.39 is 6.10 Å². The molecular formula is C16H20N2OS. The van der Waals surface area contributed by atoms with Crippen molar-refractivity contribution in [1.29, 1.82) is 0 Å². The second-order valence-corrected chi connectivity index (χ2v) is 6.56. The van der Waals surface area contributed by atoms with Gasteiger partial charge in [0.25, 0.3) is 0 Å². The number of aromatic nitrogens is 1. The van der Waals surface area contributed by atoms with Crippen LogP contribution in [0, 0.1) is 6.92 Å². The van der Waals surface area contributed by atoms with E-state index in [-0.39, 0.29) is 0 Å². The van der Waals surface area contributed by atoms with E-state index >= 15 is 0 Å². The molecular weight excluding hydrogens is 268 g/mol. The third-order valence-corrected chi connectivity index (χ3v) is 4.84. The van der Waals surface area contributed by atoms with Gasteiger partial charge in [-0.15, -0.1) is 11.3 Å². The standard InChI is InChI=1S/C16H20N2OS/c1-11-4-2-5-12(8-11)14(19)9-17-10-16-18-13-6-3-7-15(13)20-16/h2,4-5,8,14,17,19H,3,6-7,9-10H2,1H3. The molecule has 1 aliphatic carbocycles. The molecule has 0 saturated heterocycles. The molecule has 1 atom stereocenters. The van der Waals surface area contributed by atoms with Crippen molar-refractivity contribution in [1.82, 2.24) is 10.3 Å². The van der Waals surface area contributed by atoms with Crippen molar-refractivity contribution in [2.75, 3.05) is 6.54 Å². The number of nitrogens with one attached hydrogen (secondary N) is 1. The summed E-state index contributed by atoms with van der Waals surface area (Å²) in [6.07, 6.45) is 3.13. The SMILES string of the molecule is Cc1cccc(C(O)CNCc2nc3c(s2)CCC3)c1. The smallest absolute Gasteiger partial charge is 0.107 e. The number of thiazole rings is 1. The molecule has 1 aliphatic rings. The highest BCUT2D eigenvalue weighted by atomic mass is 32.1. The van der Waals surface area contributed by atoms with Gasteiger partial charge < -0.3 is 10.4 Å². The van der Waals surface area contributed by atoms with Gasteiger partial charge in [-0.2, -0.15) is 0 Å². The minimum Gasteiger partial charge on any atom is -0.387 e. The van der Waals surface area contributed by atoms with Crippen molar-refractivity contribution in [2.24, 2.45) is 0 Å². The maximum absolute atomic E-state index is 10.2. The van der Waals surface area contributed by atoms with Crippen LogP contribution in [0.1, 0.15) is 39.2 Å². The zero-order valence-electron chi connectivity index (χ0n) is 11.7. The zero-order chi connectivity index (χ0) is 13.9. The Labute approximate surface area is 123 Å². The first-order valence-corrected chi connectivity index (χ1v) is 7.97. The van der Waals surface area contributed by atoms with Crippen LogP contribution < -0.4 is 5.32 Å². The molecule has 2 aromatic rings. The molecule has 106 valence electrons. The Morgan fingerprint density at radius 3 is 3.10 bits per heavy atom. The van der Waals surface area contributed by atoms with E-state index in [1.807, 2.05) is 42.5 Å². The molecule has 2 N–H and O–H groups in total. The van der Waals surface area contributed by atoms with Gasteiger partial charge in [-0.25, -0.2) is 4.98 Å². The summed E-state index contributed by atoms with van der Waals surface area (Å²) in [6, 6.07) is 8.03. The van der Waals surface area contributed by atoms with Crippen molar-refractivity contribution in [3.8, 4) is 0 Å². The number of hydrogen-bond acceptors (Lipinski definition) is 4. The second kappa shape index (κ2) is 6.04. The lowest BCUT2D eigenvalue weighted by Gasteiger charge is -2.12. The van der Waals surface area contributed by atoms with Crippen LogP contribution in [-0.4, -0.2) is 16.6 Å². The molecule has 1 unspecified atom stereocenters. The van der Waals surface area contributed by atoms with Crippen LogP contribution >= 0.6 is 11.3 Å². The minimum absolute atomic E-state index is 0.457. The summed E-state index contributed by atoms with van der Waals surface area (Å²) in [5.41, 5.74) is 3.45. The second-order valence-electron chi connectivity index (χ2n) is 5.39. The lowest BCUT2D eigenvalue weighted by Crippen LogP contribution is -2.21. The van der Waals surface area contributed by atoms with E-state index in [2.05, 4.69) is 10.3 Å². The molecule has 0 aliphatic heterocycles. The summed E-state index contributed by atoms with van der Waals surface area (Å²) in [6.45, 7) is 3.36. The average molecular weight is 288 g/mol. The summed E-state index contributed by atoms with van der Waals surface area (Å²) in [5.74, 6) is 0. The van der Waals surface area contributed by atoms with Gasteiger partial charge in [-0.3, -0.25) is 0 Å². The Morgan fingerprint density at radius 2 is 2.30 bits per heavy atom. The summed E-state index contributed by atoms with van der Waals surface area (Å²) in [5, 5.41) is 14.6. The fraction of sp³-hybridized carbons (Fsp3) is 0.438. The number of rotatable bonds is 5. The van der Waals surface area contributed by atoms with Crippen LogP contribution in [0.2, 0.25) is 0 Å².